The number of carbonyl (C=O) groups excluding carboxylic acids is 2. The molecule has 1 aromatic rings. The average Bonchev–Trinajstić information content (AvgIpc) is 2.44. The van der Waals surface area contributed by atoms with Crippen molar-refractivity contribution in [1.29, 1.82) is 0 Å². The van der Waals surface area contributed by atoms with E-state index in [4.69, 9.17) is 0 Å². The molecular weight excluding hydrogens is 296 g/mol. The minimum Gasteiger partial charge on any atom is -0.480 e. The van der Waals surface area contributed by atoms with Crippen LogP contribution in [0.5, 0.6) is 0 Å². The van der Waals surface area contributed by atoms with Crippen molar-refractivity contribution >= 4 is 17.7 Å². The fourth-order valence-corrected chi connectivity index (χ4v) is 2.62. The van der Waals surface area contributed by atoms with Gasteiger partial charge in [0, 0.05) is 18.9 Å². The van der Waals surface area contributed by atoms with Crippen LogP contribution in [0.15, 0.2) is 18.2 Å². The maximum absolute atomic E-state index is 13.6. The lowest BCUT2D eigenvalue weighted by atomic mass is 9.83. The number of ketones is 1. The molecule has 0 saturated heterocycles. The monoisotopic (exact) mass is 311 g/mol. The summed E-state index contributed by atoms with van der Waals surface area (Å²) >= 11 is 0. The Morgan fingerprint density at radius 2 is 2.05 bits per heavy atom. The zero-order chi connectivity index (χ0) is 16.3. The Morgan fingerprint density at radius 3 is 2.64 bits per heavy atom. The van der Waals surface area contributed by atoms with Crippen LogP contribution < -0.4 is 5.32 Å². The minimum absolute atomic E-state index is 0.0512. The predicted octanol–water partition coefficient (Wildman–Crippen LogP) is 1.91. The van der Waals surface area contributed by atoms with E-state index in [1.54, 1.807) is 0 Å². The topological polar surface area (TPSA) is 83.5 Å². The summed E-state index contributed by atoms with van der Waals surface area (Å²) < 4.78 is 26.4. The van der Waals surface area contributed by atoms with Crippen molar-refractivity contribution < 1.29 is 28.3 Å². The Balaban J connectivity index is 2.15. The molecule has 2 rings (SSSR count). The molecule has 0 aromatic heterocycles. The third kappa shape index (κ3) is 3.66. The van der Waals surface area contributed by atoms with E-state index in [0.29, 0.717) is 25.3 Å². The molecule has 2 atom stereocenters. The van der Waals surface area contributed by atoms with E-state index in [1.165, 1.54) is 0 Å². The lowest BCUT2D eigenvalue weighted by Crippen LogP contribution is -2.47. The summed E-state index contributed by atoms with van der Waals surface area (Å²) in [6, 6.07) is 1.14. The Labute approximate surface area is 125 Å². The molecule has 0 spiro atoms. The van der Waals surface area contributed by atoms with Crippen molar-refractivity contribution in [3.05, 3.63) is 35.4 Å². The average molecular weight is 311 g/mol. The number of hydrogen-bond donors (Lipinski definition) is 2. The summed E-state index contributed by atoms with van der Waals surface area (Å²) in [5, 5.41) is 11.5. The number of Topliss-reactive ketones (excluding diaryl/α,β-unsaturated/α-hetero) is 1. The van der Waals surface area contributed by atoms with Crippen molar-refractivity contribution in [3.63, 3.8) is 0 Å². The first-order chi connectivity index (χ1) is 10.4. The Bertz CT molecular complexity index is 618. The molecule has 0 aliphatic heterocycles. The molecule has 1 aliphatic carbocycles. The highest BCUT2D eigenvalue weighted by Crippen LogP contribution is 2.25. The van der Waals surface area contributed by atoms with E-state index in [2.05, 4.69) is 5.32 Å². The van der Waals surface area contributed by atoms with Crippen LogP contribution in [0, 0.1) is 17.6 Å². The number of carboxylic acid groups (broad SMARTS) is 1. The molecule has 1 amide bonds. The number of carboxylic acids is 1. The first-order valence-electron chi connectivity index (χ1n) is 6.89. The molecule has 1 aromatic carbocycles. The van der Waals surface area contributed by atoms with Gasteiger partial charge in [-0.2, -0.15) is 0 Å². The van der Waals surface area contributed by atoms with E-state index in [-0.39, 0.29) is 12.2 Å². The summed E-state index contributed by atoms with van der Waals surface area (Å²) in [4.78, 5) is 34.8. The van der Waals surface area contributed by atoms with Gasteiger partial charge in [-0.1, -0.05) is 0 Å². The van der Waals surface area contributed by atoms with Crippen LogP contribution in [0.1, 0.15) is 36.0 Å². The normalized spacial score (nSPS) is 19.5. The Morgan fingerprint density at radius 1 is 1.32 bits per heavy atom. The van der Waals surface area contributed by atoms with Gasteiger partial charge in [-0.15, -0.1) is 0 Å². The third-order valence-corrected chi connectivity index (χ3v) is 3.72. The van der Waals surface area contributed by atoms with Crippen molar-refractivity contribution in [3.8, 4) is 0 Å². The highest BCUT2D eigenvalue weighted by Gasteiger charge is 2.33. The standard InChI is InChI=1S/C15H15F2NO4/c16-9-4-5-11(12(17)7-9)14(20)18-13(15(21)22)8-2-1-3-10(19)6-8/h4-5,7-8,13H,1-3,6H2,(H,18,20)(H,21,22)/t8-,13-/m1/s1. The number of aliphatic carboxylic acids is 1. The predicted molar refractivity (Wildman–Crippen MR) is 72.2 cm³/mol. The summed E-state index contributed by atoms with van der Waals surface area (Å²) in [6.07, 6.45) is 1.54. The van der Waals surface area contributed by atoms with Gasteiger partial charge in [0.25, 0.3) is 5.91 Å². The molecule has 0 bridgehead atoms. The van der Waals surface area contributed by atoms with Gasteiger partial charge in [0.15, 0.2) is 0 Å². The van der Waals surface area contributed by atoms with Crippen LogP contribution >= 0.6 is 0 Å². The molecule has 22 heavy (non-hydrogen) atoms. The Hall–Kier alpha value is -2.31. The maximum atomic E-state index is 13.6. The number of carbonyl (C=O) groups is 3. The summed E-state index contributed by atoms with van der Waals surface area (Å²) in [6.45, 7) is 0. The second-order valence-corrected chi connectivity index (χ2v) is 5.31. The van der Waals surface area contributed by atoms with Crippen LogP contribution in [-0.2, 0) is 9.59 Å². The number of hydrogen-bond acceptors (Lipinski definition) is 3. The molecule has 5 nitrogen and oxygen atoms in total. The van der Waals surface area contributed by atoms with Gasteiger partial charge in [0.05, 0.1) is 5.56 Å². The van der Waals surface area contributed by atoms with Gasteiger partial charge < -0.3 is 10.4 Å². The molecule has 2 N–H and O–H groups in total. The molecule has 1 fully saturated rings. The van der Waals surface area contributed by atoms with Crippen LogP contribution in [0.25, 0.3) is 0 Å². The molecule has 1 aliphatic rings. The fraction of sp³-hybridized carbons (Fsp3) is 0.400. The molecular formula is C15H15F2NO4. The largest absolute Gasteiger partial charge is 0.480 e. The van der Waals surface area contributed by atoms with Crippen molar-refractivity contribution in [2.45, 2.75) is 31.7 Å². The van der Waals surface area contributed by atoms with Gasteiger partial charge in [0.1, 0.15) is 23.5 Å². The number of rotatable bonds is 4. The number of benzene rings is 1. The van der Waals surface area contributed by atoms with E-state index in [9.17, 15) is 28.3 Å². The van der Waals surface area contributed by atoms with Crippen LogP contribution in [0.4, 0.5) is 8.78 Å². The zero-order valence-corrected chi connectivity index (χ0v) is 11.6. The molecule has 7 heteroatoms. The van der Waals surface area contributed by atoms with Crippen molar-refractivity contribution in [1.82, 2.24) is 5.32 Å². The summed E-state index contributed by atoms with van der Waals surface area (Å²) in [5.41, 5.74) is -0.435. The highest BCUT2D eigenvalue weighted by molar-refractivity contribution is 5.97. The quantitative estimate of drug-likeness (QED) is 0.889. The first-order valence-corrected chi connectivity index (χ1v) is 6.89. The number of amides is 1. The van der Waals surface area contributed by atoms with Crippen LogP contribution in [0.3, 0.4) is 0 Å². The van der Waals surface area contributed by atoms with Crippen molar-refractivity contribution in [2.75, 3.05) is 0 Å². The molecule has 0 heterocycles. The van der Waals surface area contributed by atoms with Crippen LogP contribution in [0.2, 0.25) is 0 Å². The summed E-state index contributed by atoms with van der Waals surface area (Å²) in [7, 11) is 0. The highest BCUT2D eigenvalue weighted by atomic mass is 19.1. The van der Waals surface area contributed by atoms with E-state index in [0.717, 1.165) is 12.1 Å². The Kier molecular flexibility index (Phi) is 4.85. The van der Waals surface area contributed by atoms with E-state index < -0.39 is 41.0 Å². The second-order valence-electron chi connectivity index (χ2n) is 5.31. The van der Waals surface area contributed by atoms with Crippen LogP contribution in [-0.4, -0.2) is 28.8 Å². The van der Waals surface area contributed by atoms with Gasteiger partial charge in [0.2, 0.25) is 0 Å². The smallest absolute Gasteiger partial charge is 0.326 e. The van der Waals surface area contributed by atoms with Gasteiger partial charge in [-0.25, -0.2) is 13.6 Å². The van der Waals surface area contributed by atoms with E-state index in [1.807, 2.05) is 0 Å². The molecule has 1 saturated carbocycles. The minimum atomic E-state index is -1.28. The maximum Gasteiger partial charge on any atom is 0.326 e. The lowest BCUT2D eigenvalue weighted by molar-refractivity contribution is -0.141. The third-order valence-electron chi connectivity index (χ3n) is 3.72. The van der Waals surface area contributed by atoms with E-state index >= 15 is 0 Å². The fourth-order valence-electron chi connectivity index (χ4n) is 2.62. The first kappa shape index (κ1) is 16.1. The SMILES string of the molecule is O=C1CCC[C@@H]([C@@H](NC(=O)c2ccc(F)cc2F)C(=O)O)C1. The van der Waals surface area contributed by atoms with Gasteiger partial charge in [-0.05, 0) is 30.9 Å². The molecule has 0 radical (unpaired) electrons. The lowest BCUT2D eigenvalue weighted by Gasteiger charge is -2.27. The number of nitrogens with one attached hydrogen (secondary N) is 1. The zero-order valence-electron chi connectivity index (χ0n) is 11.6. The second kappa shape index (κ2) is 6.64. The molecule has 118 valence electrons. The van der Waals surface area contributed by atoms with Gasteiger partial charge >= 0.3 is 5.97 Å². The summed E-state index contributed by atoms with van der Waals surface area (Å²) in [5.74, 6) is -4.70. The van der Waals surface area contributed by atoms with Crippen molar-refractivity contribution in [2.24, 2.45) is 5.92 Å². The molecule has 0 unspecified atom stereocenters. The van der Waals surface area contributed by atoms with Gasteiger partial charge in [-0.3, -0.25) is 9.59 Å². The number of halogens is 2.